The first kappa shape index (κ1) is 9.03. The second-order valence-electron chi connectivity index (χ2n) is 3.08. The van der Waals surface area contributed by atoms with Gasteiger partial charge >= 0.3 is 0 Å². The van der Waals surface area contributed by atoms with Gasteiger partial charge in [-0.3, -0.25) is 4.98 Å². The van der Waals surface area contributed by atoms with Gasteiger partial charge in [0, 0.05) is 23.5 Å². The third-order valence-corrected chi connectivity index (χ3v) is 2.30. The van der Waals surface area contributed by atoms with E-state index in [0.717, 1.165) is 11.4 Å². The smallest absolute Gasteiger partial charge is 0.0743 e. The molecular formula is C11H9ClN2. The summed E-state index contributed by atoms with van der Waals surface area (Å²) in [7, 11) is 0. The van der Waals surface area contributed by atoms with Crippen LogP contribution in [0.3, 0.4) is 0 Å². The monoisotopic (exact) mass is 204 g/mol. The Morgan fingerprint density at radius 3 is 3.00 bits per heavy atom. The van der Waals surface area contributed by atoms with Crippen LogP contribution < -0.4 is 5.32 Å². The molecule has 3 rings (SSSR count). The van der Waals surface area contributed by atoms with Crippen molar-refractivity contribution in [3.63, 3.8) is 0 Å². The van der Waals surface area contributed by atoms with E-state index in [1.807, 2.05) is 30.6 Å². The molecule has 2 nitrogen and oxygen atoms in total. The number of hydrogen-bond acceptors (Lipinski definition) is 2. The summed E-state index contributed by atoms with van der Waals surface area (Å²) in [4.78, 5) is 4.31. The van der Waals surface area contributed by atoms with Crippen LogP contribution in [0.4, 0.5) is 5.69 Å². The van der Waals surface area contributed by atoms with Gasteiger partial charge in [-0.05, 0) is 23.6 Å². The molecule has 0 radical (unpaired) electrons. The Labute approximate surface area is 88.1 Å². The van der Waals surface area contributed by atoms with Gasteiger partial charge in [0.2, 0.25) is 0 Å². The number of aromatic nitrogens is 1. The maximum Gasteiger partial charge on any atom is 0.0743 e. The molecule has 3 heteroatoms. The summed E-state index contributed by atoms with van der Waals surface area (Å²) < 4.78 is 0. The van der Waals surface area contributed by atoms with Crippen molar-refractivity contribution >= 4 is 34.9 Å². The Morgan fingerprint density at radius 2 is 2.07 bits per heavy atom. The third-order valence-electron chi connectivity index (χ3n) is 2.30. The molecule has 70 valence electrons. The van der Waals surface area contributed by atoms with Crippen LogP contribution in [0.2, 0.25) is 0 Å². The molecule has 1 aromatic carbocycles. The van der Waals surface area contributed by atoms with Crippen molar-refractivity contribution in [2.45, 2.75) is 0 Å². The Morgan fingerprint density at radius 1 is 1.14 bits per heavy atom. The summed E-state index contributed by atoms with van der Waals surface area (Å²) in [6, 6.07) is 8.25. The summed E-state index contributed by atoms with van der Waals surface area (Å²) in [6.45, 7) is 0. The van der Waals surface area contributed by atoms with Gasteiger partial charge < -0.3 is 5.32 Å². The molecular weight excluding hydrogens is 196 g/mol. The minimum Gasteiger partial charge on any atom is -0.361 e. The molecule has 0 atom stereocenters. The Kier molecular flexibility index (Phi) is 2.14. The van der Waals surface area contributed by atoms with E-state index in [2.05, 4.69) is 22.4 Å². The topological polar surface area (TPSA) is 24.9 Å². The molecule has 0 unspecified atom stereocenters. The number of anilines is 1. The molecule has 1 N–H and O–H groups in total. The highest BCUT2D eigenvalue weighted by atomic mass is 35.5. The lowest BCUT2D eigenvalue weighted by molar-refractivity contribution is 1.32. The van der Waals surface area contributed by atoms with Crippen LogP contribution in [0.5, 0.6) is 0 Å². The summed E-state index contributed by atoms with van der Waals surface area (Å²) in [5, 5.41) is 5.66. The van der Waals surface area contributed by atoms with E-state index < -0.39 is 0 Å². The van der Waals surface area contributed by atoms with Gasteiger partial charge in [0.25, 0.3) is 0 Å². The zero-order valence-corrected chi connectivity index (χ0v) is 8.21. The van der Waals surface area contributed by atoms with Crippen molar-refractivity contribution in [3.8, 4) is 0 Å². The van der Waals surface area contributed by atoms with Gasteiger partial charge in [0.15, 0.2) is 0 Å². The predicted molar refractivity (Wildman–Crippen MR) is 61.6 cm³/mol. The van der Waals surface area contributed by atoms with E-state index in [9.17, 15) is 0 Å². The van der Waals surface area contributed by atoms with Gasteiger partial charge in [-0.15, -0.1) is 12.4 Å². The minimum atomic E-state index is 0. The predicted octanol–water partition coefficient (Wildman–Crippen LogP) is 3.05. The lowest BCUT2D eigenvalue weighted by Gasteiger charge is -2.12. The van der Waals surface area contributed by atoms with Crippen LogP contribution in [-0.4, -0.2) is 4.98 Å². The van der Waals surface area contributed by atoms with E-state index in [1.54, 1.807) is 0 Å². The fourth-order valence-corrected chi connectivity index (χ4v) is 1.71. The second kappa shape index (κ2) is 3.31. The average Bonchev–Trinajstić information content (AvgIpc) is 2.19. The molecule has 1 aliphatic heterocycles. The summed E-state index contributed by atoms with van der Waals surface area (Å²) in [6.07, 6.45) is 5.76. The van der Waals surface area contributed by atoms with Gasteiger partial charge in [-0.25, -0.2) is 0 Å². The zero-order valence-electron chi connectivity index (χ0n) is 7.40. The lowest BCUT2D eigenvalue weighted by Crippen LogP contribution is -1.96. The van der Waals surface area contributed by atoms with Gasteiger partial charge in [0.1, 0.15) is 0 Å². The average molecular weight is 205 g/mol. The summed E-state index contributed by atoms with van der Waals surface area (Å²) in [5.74, 6) is 0. The Bertz CT molecular complexity index is 500. The number of nitrogens with one attached hydrogen (secondary N) is 1. The molecule has 0 saturated carbocycles. The standard InChI is InChI=1S/C11H8N2.ClH/c1-2-8-4-6-12-10-5-7-13-9(3-1)11(8)10;/h1-7,13H;1H. The fourth-order valence-electron chi connectivity index (χ4n) is 1.71. The van der Waals surface area contributed by atoms with Gasteiger partial charge in [-0.1, -0.05) is 12.1 Å². The van der Waals surface area contributed by atoms with E-state index >= 15 is 0 Å². The van der Waals surface area contributed by atoms with Gasteiger partial charge in [-0.2, -0.15) is 0 Å². The first-order valence-corrected chi connectivity index (χ1v) is 4.26. The van der Waals surface area contributed by atoms with Crippen LogP contribution >= 0.6 is 12.4 Å². The van der Waals surface area contributed by atoms with Crippen LogP contribution in [0.25, 0.3) is 16.8 Å². The zero-order chi connectivity index (χ0) is 8.67. The van der Waals surface area contributed by atoms with E-state index in [0.29, 0.717) is 0 Å². The number of rotatable bonds is 0. The number of hydrogen-bond donors (Lipinski definition) is 1. The van der Waals surface area contributed by atoms with Crippen LogP contribution in [-0.2, 0) is 0 Å². The third kappa shape index (κ3) is 1.16. The van der Waals surface area contributed by atoms with Crippen LogP contribution in [0, 0.1) is 0 Å². The molecule has 0 fully saturated rings. The highest BCUT2D eigenvalue weighted by molar-refractivity contribution is 6.00. The maximum absolute atomic E-state index is 4.31. The maximum atomic E-state index is 4.31. The SMILES string of the molecule is C1=Cc2nccc3cccc(c23)N1.Cl. The molecule has 2 aromatic rings. The normalized spacial score (nSPS) is 12.0. The largest absolute Gasteiger partial charge is 0.361 e. The van der Waals surface area contributed by atoms with Crippen molar-refractivity contribution < 1.29 is 0 Å². The number of nitrogens with zero attached hydrogens (tertiary/aromatic N) is 1. The van der Waals surface area contributed by atoms with Crippen molar-refractivity contribution in [2.75, 3.05) is 5.32 Å². The molecule has 0 amide bonds. The van der Waals surface area contributed by atoms with Crippen molar-refractivity contribution in [1.29, 1.82) is 0 Å². The quantitative estimate of drug-likeness (QED) is 0.714. The highest BCUT2D eigenvalue weighted by Gasteiger charge is 2.07. The fraction of sp³-hybridized carbons (Fsp3) is 0. The molecule has 1 aliphatic rings. The van der Waals surface area contributed by atoms with Crippen LogP contribution in [0.15, 0.2) is 36.7 Å². The first-order chi connectivity index (χ1) is 6.45. The second-order valence-corrected chi connectivity index (χ2v) is 3.08. The Hall–Kier alpha value is -1.54. The van der Waals surface area contributed by atoms with Crippen molar-refractivity contribution in [1.82, 2.24) is 4.98 Å². The lowest BCUT2D eigenvalue weighted by atomic mass is 10.1. The minimum absolute atomic E-state index is 0. The van der Waals surface area contributed by atoms with Crippen LogP contribution in [0.1, 0.15) is 5.69 Å². The molecule has 0 spiro atoms. The highest BCUT2D eigenvalue weighted by Crippen LogP contribution is 2.28. The molecule has 0 bridgehead atoms. The summed E-state index contributed by atoms with van der Waals surface area (Å²) in [5.41, 5.74) is 2.19. The first-order valence-electron chi connectivity index (χ1n) is 4.26. The number of benzene rings is 1. The molecule has 2 heterocycles. The summed E-state index contributed by atoms with van der Waals surface area (Å²) >= 11 is 0. The van der Waals surface area contributed by atoms with E-state index in [4.69, 9.17) is 0 Å². The Balaban J connectivity index is 0.000000750. The molecule has 14 heavy (non-hydrogen) atoms. The van der Waals surface area contributed by atoms with Crippen molar-refractivity contribution in [2.24, 2.45) is 0 Å². The van der Waals surface area contributed by atoms with Crippen molar-refractivity contribution in [3.05, 3.63) is 42.4 Å². The van der Waals surface area contributed by atoms with E-state index in [1.165, 1.54) is 10.8 Å². The molecule has 0 saturated heterocycles. The van der Waals surface area contributed by atoms with E-state index in [-0.39, 0.29) is 12.4 Å². The number of halogens is 1. The molecule has 1 aromatic heterocycles. The molecule has 0 aliphatic carbocycles. The number of pyridine rings is 1. The van der Waals surface area contributed by atoms with Gasteiger partial charge in [0.05, 0.1) is 5.69 Å².